The lowest BCUT2D eigenvalue weighted by molar-refractivity contribution is -0.129. The minimum atomic E-state index is -4.69. The molecule has 0 saturated heterocycles. The second kappa shape index (κ2) is 11.9. The fourth-order valence-electron chi connectivity index (χ4n) is 4.90. The van der Waals surface area contributed by atoms with Crippen LogP contribution in [0.5, 0.6) is 0 Å². The summed E-state index contributed by atoms with van der Waals surface area (Å²) < 4.78 is 79.2. The maximum Gasteiger partial charge on any atom is 0.390 e. The molecule has 15 heteroatoms. The molecule has 3 heterocycles. The summed E-state index contributed by atoms with van der Waals surface area (Å²) in [5.41, 5.74) is 0.0661. The van der Waals surface area contributed by atoms with Gasteiger partial charge in [0.15, 0.2) is 11.6 Å². The van der Waals surface area contributed by atoms with Crippen LogP contribution in [0, 0.1) is 5.82 Å². The van der Waals surface area contributed by atoms with Gasteiger partial charge in [0.1, 0.15) is 5.65 Å². The maximum absolute atomic E-state index is 14.8. The van der Waals surface area contributed by atoms with E-state index in [-0.39, 0.29) is 23.2 Å². The van der Waals surface area contributed by atoms with Crippen molar-refractivity contribution in [2.45, 2.75) is 70.3 Å². The molecule has 2 N–H and O–H groups in total. The van der Waals surface area contributed by atoms with Crippen LogP contribution in [-0.2, 0) is 10.0 Å². The number of halogens is 4. The third-order valence-electron chi connectivity index (χ3n) is 7.11. The van der Waals surface area contributed by atoms with Crippen LogP contribution < -0.4 is 15.6 Å². The summed E-state index contributed by atoms with van der Waals surface area (Å²) in [5, 5.41) is 3.90. The number of sulfonamides is 1. The average molecular weight is 600 g/mol. The Morgan fingerprint density at radius 1 is 1.10 bits per heavy atom. The Labute approximate surface area is 235 Å². The molecule has 1 aliphatic carbocycles. The third-order valence-corrected chi connectivity index (χ3v) is 8.35. The van der Waals surface area contributed by atoms with E-state index in [1.54, 1.807) is 24.8 Å². The van der Waals surface area contributed by atoms with Crippen molar-refractivity contribution in [3.63, 3.8) is 0 Å². The van der Waals surface area contributed by atoms with E-state index in [0.29, 0.717) is 23.0 Å². The van der Waals surface area contributed by atoms with Crippen molar-refractivity contribution in [1.82, 2.24) is 24.4 Å². The molecule has 10 nitrogen and oxygen atoms in total. The second-order valence-electron chi connectivity index (χ2n) is 10.8. The predicted molar refractivity (Wildman–Crippen MR) is 149 cm³/mol. The Hall–Kier alpha value is -3.33. The Kier molecular flexibility index (Phi) is 8.87. The number of nitrogens with one attached hydrogen (secondary N) is 2. The van der Waals surface area contributed by atoms with Crippen molar-refractivity contribution in [1.29, 1.82) is 0 Å². The molecule has 224 valence electrons. The second-order valence-corrected chi connectivity index (χ2v) is 12.6. The fourth-order valence-corrected chi connectivity index (χ4v) is 5.95. The molecule has 4 rings (SSSR count). The van der Waals surface area contributed by atoms with Crippen molar-refractivity contribution < 1.29 is 26.0 Å². The largest absolute Gasteiger partial charge is 0.390 e. The van der Waals surface area contributed by atoms with Gasteiger partial charge in [-0.1, -0.05) is 0 Å². The number of aromatic nitrogens is 4. The summed E-state index contributed by atoms with van der Waals surface area (Å²) in [7, 11) is -0.354. The normalized spacial score (nSPS) is 18.3. The molecule has 0 aromatic carbocycles. The Morgan fingerprint density at radius 3 is 2.37 bits per heavy atom. The van der Waals surface area contributed by atoms with Gasteiger partial charge in [-0.15, -0.1) is 0 Å². The lowest BCUT2D eigenvalue weighted by Gasteiger charge is -2.33. The quantitative estimate of drug-likeness (QED) is 0.344. The van der Waals surface area contributed by atoms with Gasteiger partial charge in [0.05, 0.1) is 12.2 Å². The van der Waals surface area contributed by atoms with E-state index in [1.165, 1.54) is 10.6 Å². The highest BCUT2D eigenvalue weighted by Crippen LogP contribution is 2.27. The first-order valence-corrected chi connectivity index (χ1v) is 14.9. The summed E-state index contributed by atoms with van der Waals surface area (Å²) >= 11 is 0. The number of nitrogens with zero attached hydrogens (tertiary/aromatic N) is 5. The number of anilines is 2. The van der Waals surface area contributed by atoms with E-state index < -0.39 is 45.6 Å². The molecule has 3 aromatic heterocycles. The standard InChI is InChI=1S/C26H33F4N7O3S/c1-15(2)37-23-17(14-32-25(34-23)33-18-5-7-19(8-6-18)36(3)4)11-20(24(37)38)16-12-21(27)22(31-13-16)35-41(39,40)10-9-26(28,29)30/h11-15,18-19H,5-10H2,1-4H3,(H,31,35)(H,32,33,34)/t18-,19-. The number of fused-ring (bicyclic) bond motifs is 1. The van der Waals surface area contributed by atoms with Gasteiger partial charge in [-0.2, -0.15) is 18.2 Å². The first kappa shape index (κ1) is 30.6. The number of rotatable bonds is 9. The van der Waals surface area contributed by atoms with Gasteiger partial charge >= 0.3 is 6.18 Å². The summed E-state index contributed by atoms with van der Waals surface area (Å²) in [4.78, 5) is 28.6. The number of hydrogen-bond donors (Lipinski definition) is 2. The van der Waals surface area contributed by atoms with E-state index in [2.05, 4.69) is 39.3 Å². The van der Waals surface area contributed by atoms with E-state index >= 15 is 0 Å². The molecule has 1 fully saturated rings. The Balaban J connectivity index is 1.61. The fraction of sp³-hybridized carbons (Fsp3) is 0.538. The van der Waals surface area contributed by atoms with E-state index in [9.17, 15) is 30.8 Å². The van der Waals surface area contributed by atoms with E-state index in [4.69, 9.17) is 0 Å². The van der Waals surface area contributed by atoms with E-state index in [0.717, 1.165) is 37.9 Å². The highest BCUT2D eigenvalue weighted by atomic mass is 32.2. The summed E-state index contributed by atoms with van der Waals surface area (Å²) in [5.74, 6) is -2.78. The molecule has 0 aliphatic heterocycles. The smallest absolute Gasteiger partial charge is 0.351 e. The van der Waals surface area contributed by atoms with Crippen LogP contribution >= 0.6 is 0 Å². The average Bonchev–Trinajstić information content (AvgIpc) is 2.88. The molecular formula is C26H33F4N7O3S. The molecule has 0 atom stereocenters. The molecule has 0 spiro atoms. The Bertz CT molecular complexity index is 1570. The van der Waals surface area contributed by atoms with Crippen molar-refractivity contribution in [3.05, 3.63) is 40.7 Å². The van der Waals surface area contributed by atoms with Gasteiger partial charge < -0.3 is 10.2 Å². The monoisotopic (exact) mass is 599 g/mol. The topological polar surface area (TPSA) is 122 Å². The van der Waals surface area contributed by atoms with Crippen LogP contribution in [0.3, 0.4) is 0 Å². The molecule has 3 aromatic rings. The number of alkyl halides is 3. The lowest BCUT2D eigenvalue weighted by atomic mass is 9.91. The molecule has 1 aliphatic rings. The van der Waals surface area contributed by atoms with Gasteiger partial charge in [0, 0.05) is 47.0 Å². The van der Waals surface area contributed by atoms with Crippen LogP contribution in [0.15, 0.2) is 29.3 Å². The first-order valence-electron chi connectivity index (χ1n) is 13.2. The lowest BCUT2D eigenvalue weighted by Crippen LogP contribution is -2.36. The highest BCUT2D eigenvalue weighted by molar-refractivity contribution is 7.92. The minimum absolute atomic E-state index is 0.0573. The zero-order chi connectivity index (χ0) is 30.1. The molecule has 0 unspecified atom stereocenters. The van der Waals surface area contributed by atoms with Gasteiger partial charge in [-0.05, 0) is 65.8 Å². The van der Waals surface area contributed by atoms with Crippen molar-refractivity contribution >= 4 is 32.8 Å². The van der Waals surface area contributed by atoms with E-state index in [1.807, 2.05) is 0 Å². The van der Waals surface area contributed by atoms with Crippen molar-refractivity contribution in [2.75, 3.05) is 29.9 Å². The summed E-state index contributed by atoms with van der Waals surface area (Å²) in [6, 6.07) is 2.84. The molecule has 1 saturated carbocycles. The predicted octanol–water partition coefficient (Wildman–Crippen LogP) is 4.55. The molecular weight excluding hydrogens is 566 g/mol. The highest BCUT2D eigenvalue weighted by Gasteiger charge is 2.30. The molecule has 0 amide bonds. The Morgan fingerprint density at radius 2 is 1.78 bits per heavy atom. The van der Waals surface area contributed by atoms with Crippen molar-refractivity contribution in [2.24, 2.45) is 0 Å². The van der Waals surface area contributed by atoms with Crippen LogP contribution in [0.1, 0.15) is 52.0 Å². The van der Waals surface area contributed by atoms with Gasteiger partial charge in [-0.25, -0.2) is 22.8 Å². The summed E-state index contributed by atoms with van der Waals surface area (Å²) in [6.45, 7) is 3.61. The van der Waals surface area contributed by atoms with Gasteiger partial charge in [0.2, 0.25) is 16.0 Å². The van der Waals surface area contributed by atoms with Crippen molar-refractivity contribution in [3.8, 4) is 11.1 Å². The minimum Gasteiger partial charge on any atom is -0.351 e. The van der Waals surface area contributed by atoms with Crippen LogP contribution in [0.25, 0.3) is 22.2 Å². The number of pyridine rings is 2. The van der Waals surface area contributed by atoms with Crippen LogP contribution in [0.4, 0.5) is 29.3 Å². The molecule has 41 heavy (non-hydrogen) atoms. The maximum atomic E-state index is 14.8. The molecule has 0 radical (unpaired) electrons. The van der Waals surface area contributed by atoms with Crippen LogP contribution in [0.2, 0.25) is 0 Å². The zero-order valence-electron chi connectivity index (χ0n) is 23.2. The number of hydrogen-bond acceptors (Lipinski definition) is 8. The van der Waals surface area contributed by atoms with Gasteiger partial charge in [-0.3, -0.25) is 14.1 Å². The zero-order valence-corrected chi connectivity index (χ0v) is 24.0. The first-order chi connectivity index (χ1) is 19.1. The third kappa shape index (κ3) is 7.50. The van der Waals surface area contributed by atoms with Gasteiger partial charge in [0.25, 0.3) is 5.56 Å². The molecule has 0 bridgehead atoms. The SMILES string of the molecule is CC(C)n1c(=O)c(-c2cnc(NS(=O)(=O)CCC(F)(F)F)c(F)c2)cc2cnc(N[C@H]3CC[C@H](N(C)C)CC3)nc21. The summed E-state index contributed by atoms with van der Waals surface area (Å²) in [6.07, 6.45) is 0.408. The van der Waals surface area contributed by atoms with Crippen LogP contribution in [-0.4, -0.2) is 70.9 Å².